The number of esters is 2. The lowest BCUT2D eigenvalue weighted by Crippen LogP contribution is -2.67. The van der Waals surface area contributed by atoms with E-state index in [-0.39, 0.29) is 35.2 Å². The number of ether oxygens (including phenoxy) is 2. The van der Waals surface area contributed by atoms with E-state index in [2.05, 4.69) is 25.7 Å². The van der Waals surface area contributed by atoms with Gasteiger partial charge in [0.25, 0.3) is 5.79 Å². The van der Waals surface area contributed by atoms with Crippen LogP contribution in [0.4, 0.5) is 10.1 Å². The Bertz CT molecular complexity index is 919. The molecule has 4 aliphatic rings. The van der Waals surface area contributed by atoms with Crippen molar-refractivity contribution in [1.82, 2.24) is 0 Å². The summed E-state index contributed by atoms with van der Waals surface area (Å²) in [5.41, 5.74) is -0.0428. The molecule has 3 atom stereocenters. The molecule has 2 bridgehead atoms. The van der Waals surface area contributed by atoms with Crippen LogP contribution in [-0.4, -0.2) is 29.8 Å². The lowest BCUT2D eigenvalue weighted by Gasteiger charge is -2.53. The number of anilines is 1. The first-order valence-electron chi connectivity index (χ1n) is 10.4. The number of fused-ring (bicyclic) bond motifs is 8. The van der Waals surface area contributed by atoms with E-state index in [9.17, 15) is 14.0 Å². The van der Waals surface area contributed by atoms with Crippen LogP contribution in [-0.2, 0) is 25.5 Å². The third kappa shape index (κ3) is 2.44. The van der Waals surface area contributed by atoms with Crippen molar-refractivity contribution in [1.29, 1.82) is 0 Å². The molecule has 3 fully saturated rings. The minimum absolute atomic E-state index is 0.0815. The zero-order chi connectivity index (χ0) is 21.0. The van der Waals surface area contributed by atoms with Crippen LogP contribution in [0.5, 0.6) is 0 Å². The maximum atomic E-state index is 14.1. The Kier molecular flexibility index (Phi) is 3.47. The first-order chi connectivity index (χ1) is 13.4. The molecule has 5 rings (SSSR count). The Morgan fingerprint density at radius 3 is 2.34 bits per heavy atom. The Hall–Kier alpha value is -2.11. The minimum atomic E-state index is -1.47. The van der Waals surface area contributed by atoms with Crippen molar-refractivity contribution in [2.45, 2.75) is 78.2 Å². The SMILES string of the molecule is CC1(C)C[C@H]2C[C@@](C)(C1)[C@@H]1N2c2ccc(F)cc2CC12C(=O)OC(C)(C)OC2=O. The number of cyclic esters (lactones) is 2. The second-order valence-corrected chi connectivity index (χ2v) is 11.0. The Labute approximate surface area is 170 Å². The van der Waals surface area contributed by atoms with Crippen LogP contribution in [0.25, 0.3) is 0 Å². The monoisotopic (exact) mass is 401 g/mol. The maximum absolute atomic E-state index is 14.1. The van der Waals surface area contributed by atoms with Gasteiger partial charge in [0, 0.05) is 32.0 Å². The summed E-state index contributed by atoms with van der Waals surface area (Å²) in [6.45, 7) is 9.81. The molecule has 1 aliphatic carbocycles. The third-order valence-electron chi connectivity index (χ3n) is 7.37. The van der Waals surface area contributed by atoms with Gasteiger partial charge in [-0.3, -0.25) is 9.59 Å². The van der Waals surface area contributed by atoms with E-state index in [4.69, 9.17) is 9.47 Å². The van der Waals surface area contributed by atoms with Gasteiger partial charge in [-0.25, -0.2) is 4.39 Å². The molecule has 0 amide bonds. The molecule has 0 aromatic heterocycles. The van der Waals surface area contributed by atoms with E-state index >= 15 is 0 Å². The van der Waals surface area contributed by atoms with E-state index in [1.54, 1.807) is 19.9 Å². The zero-order valence-corrected chi connectivity index (χ0v) is 17.7. The number of carbonyl (C=O) groups is 2. The molecule has 1 aromatic rings. The summed E-state index contributed by atoms with van der Waals surface area (Å²) in [6.07, 6.45) is 2.86. The van der Waals surface area contributed by atoms with Gasteiger partial charge in [0.15, 0.2) is 5.41 Å². The minimum Gasteiger partial charge on any atom is -0.422 e. The van der Waals surface area contributed by atoms with Crippen molar-refractivity contribution in [3.8, 4) is 0 Å². The molecule has 3 heterocycles. The van der Waals surface area contributed by atoms with Gasteiger partial charge in [-0.05, 0) is 53.9 Å². The third-order valence-corrected chi connectivity index (χ3v) is 7.37. The van der Waals surface area contributed by atoms with E-state index in [1.165, 1.54) is 12.1 Å². The molecule has 6 heteroatoms. The van der Waals surface area contributed by atoms with Crippen LogP contribution in [0.1, 0.15) is 59.4 Å². The number of halogens is 1. The number of benzene rings is 1. The van der Waals surface area contributed by atoms with Gasteiger partial charge < -0.3 is 14.4 Å². The summed E-state index contributed by atoms with van der Waals surface area (Å²) in [5.74, 6) is -2.75. The molecular weight excluding hydrogens is 373 g/mol. The van der Waals surface area contributed by atoms with Crippen molar-refractivity contribution in [3.05, 3.63) is 29.6 Å². The van der Waals surface area contributed by atoms with Crippen molar-refractivity contribution >= 4 is 17.6 Å². The number of nitrogens with zero attached hydrogens (tertiary/aromatic N) is 1. The van der Waals surface area contributed by atoms with Gasteiger partial charge in [-0.1, -0.05) is 20.8 Å². The Morgan fingerprint density at radius 2 is 1.69 bits per heavy atom. The molecule has 1 saturated carbocycles. The highest BCUT2D eigenvalue weighted by Crippen LogP contribution is 2.64. The molecule has 0 unspecified atom stereocenters. The predicted molar refractivity (Wildman–Crippen MR) is 105 cm³/mol. The average Bonchev–Trinajstić information content (AvgIpc) is 2.77. The number of rotatable bonds is 0. The van der Waals surface area contributed by atoms with E-state index in [1.807, 2.05) is 0 Å². The van der Waals surface area contributed by atoms with Gasteiger partial charge >= 0.3 is 11.9 Å². The molecule has 0 N–H and O–H groups in total. The lowest BCUT2D eigenvalue weighted by molar-refractivity contribution is -0.255. The fourth-order valence-corrected chi connectivity index (χ4v) is 7.05. The lowest BCUT2D eigenvalue weighted by atomic mass is 9.57. The second kappa shape index (κ2) is 5.32. The van der Waals surface area contributed by atoms with Crippen LogP contribution in [0, 0.1) is 22.1 Å². The van der Waals surface area contributed by atoms with Gasteiger partial charge in [0.1, 0.15) is 5.82 Å². The second-order valence-electron chi connectivity index (χ2n) is 11.0. The largest absolute Gasteiger partial charge is 0.422 e. The first kappa shape index (κ1) is 18.9. The summed E-state index contributed by atoms with van der Waals surface area (Å²) >= 11 is 0. The van der Waals surface area contributed by atoms with Gasteiger partial charge in [0.05, 0.1) is 6.04 Å². The number of carbonyl (C=O) groups excluding carboxylic acids is 2. The van der Waals surface area contributed by atoms with Crippen molar-refractivity contribution in [2.75, 3.05) is 4.90 Å². The fourth-order valence-electron chi connectivity index (χ4n) is 7.05. The van der Waals surface area contributed by atoms with Crippen LogP contribution < -0.4 is 4.90 Å². The van der Waals surface area contributed by atoms with Crippen LogP contribution in [0.3, 0.4) is 0 Å². The Balaban J connectivity index is 1.75. The summed E-state index contributed by atoms with van der Waals surface area (Å²) < 4.78 is 25.4. The van der Waals surface area contributed by atoms with Gasteiger partial charge in [-0.2, -0.15) is 0 Å². The van der Waals surface area contributed by atoms with E-state index < -0.39 is 23.1 Å². The number of hydrogen-bond donors (Lipinski definition) is 0. The quantitative estimate of drug-likeness (QED) is 0.486. The average molecular weight is 401 g/mol. The predicted octanol–water partition coefficient (Wildman–Crippen LogP) is 3.98. The molecule has 2 saturated heterocycles. The molecule has 5 nitrogen and oxygen atoms in total. The normalized spacial score (nSPS) is 35.6. The molecule has 29 heavy (non-hydrogen) atoms. The van der Waals surface area contributed by atoms with Crippen LogP contribution >= 0.6 is 0 Å². The van der Waals surface area contributed by atoms with Crippen molar-refractivity contribution in [2.24, 2.45) is 16.2 Å². The number of hydrogen-bond acceptors (Lipinski definition) is 5. The highest BCUT2D eigenvalue weighted by Gasteiger charge is 2.72. The topological polar surface area (TPSA) is 55.8 Å². The summed E-state index contributed by atoms with van der Waals surface area (Å²) in [4.78, 5) is 29.2. The van der Waals surface area contributed by atoms with Gasteiger partial charge in [-0.15, -0.1) is 0 Å². The van der Waals surface area contributed by atoms with Crippen molar-refractivity contribution in [3.63, 3.8) is 0 Å². The zero-order valence-electron chi connectivity index (χ0n) is 17.7. The standard InChI is InChI=1S/C23H28FNO4/c1-20(2)10-15-11-22(5,12-20)17-23(18(26)28-21(3,4)29-19(23)27)9-13-8-14(24)6-7-16(13)25(15)17/h6-8,15,17H,9-12H2,1-5H3/t15-,17-,22-/m0/s1. The molecule has 1 spiro atoms. The molecule has 3 aliphatic heterocycles. The fraction of sp³-hybridized carbons (Fsp3) is 0.652. The van der Waals surface area contributed by atoms with E-state index in [0.29, 0.717) is 5.56 Å². The molecule has 156 valence electrons. The molecule has 1 aromatic carbocycles. The Morgan fingerprint density at radius 1 is 1.03 bits per heavy atom. The first-order valence-corrected chi connectivity index (χ1v) is 10.4. The molecule has 0 radical (unpaired) electrons. The summed E-state index contributed by atoms with van der Waals surface area (Å²) in [5, 5.41) is 0. The maximum Gasteiger partial charge on any atom is 0.329 e. The molecular formula is C23H28FNO4. The van der Waals surface area contributed by atoms with Gasteiger partial charge in [0.2, 0.25) is 0 Å². The highest BCUT2D eigenvalue weighted by molar-refractivity contribution is 6.04. The smallest absolute Gasteiger partial charge is 0.329 e. The van der Waals surface area contributed by atoms with Crippen LogP contribution in [0.15, 0.2) is 18.2 Å². The summed E-state index contributed by atoms with van der Waals surface area (Å²) in [6, 6.07) is 4.53. The van der Waals surface area contributed by atoms with E-state index in [0.717, 1.165) is 24.9 Å². The van der Waals surface area contributed by atoms with Crippen molar-refractivity contribution < 1.29 is 23.5 Å². The summed E-state index contributed by atoms with van der Waals surface area (Å²) in [7, 11) is 0. The van der Waals surface area contributed by atoms with Crippen LogP contribution in [0.2, 0.25) is 0 Å². The highest BCUT2D eigenvalue weighted by atomic mass is 19.1.